The number of hydrogen-bond donors (Lipinski definition) is 4. The maximum Gasteiger partial charge on any atom is 0.322 e. The number of aromatic nitrogens is 4. The Hall–Kier alpha value is -4.18. The van der Waals surface area contributed by atoms with Crippen molar-refractivity contribution >= 4 is 30.3 Å². The van der Waals surface area contributed by atoms with Gasteiger partial charge >= 0.3 is 6.03 Å². The first-order chi connectivity index (χ1) is 19.4. The van der Waals surface area contributed by atoms with Gasteiger partial charge < -0.3 is 15.5 Å². The second-order valence-corrected chi connectivity index (χ2v) is 10.4. The maximum absolute atomic E-state index is 13.3. The van der Waals surface area contributed by atoms with E-state index in [9.17, 15) is 9.59 Å². The third kappa shape index (κ3) is 7.92. The van der Waals surface area contributed by atoms with Crippen LogP contribution in [0.4, 0.5) is 10.5 Å². The van der Waals surface area contributed by atoms with Gasteiger partial charge in [-0.15, -0.1) is 10.2 Å². The summed E-state index contributed by atoms with van der Waals surface area (Å²) in [7, 11) is 0. The molecule has 0 fully saturated rings. The molecule has 4 aromatic rings. The second kappa shape index (κ2) is 14.3. The smallest absolute Gasteiger partial charge is 0.322 e. The molecule has 0 spiro atoms. The van der Waals surface area contributed by atoms with Crippen LogP contribution in [0.5, 0.6) is 0 Å². The van der Waals surface area contributed by atoms with Crippen molar-refractivity contribution in [2.45, 2.75) is 26.8 Å². The van der Waals surface area contributed by atoms with Gasteiger partial charge in [0.05, 0.1) is 0 Å². The van der Waals surface area contributed by atoms with Gasteiger partial charge in [-0.25, -0.2) is 4.79 Å². The molecule has 208 valence electrons. The second-order valence-electron chi connectivity index (χ2n) is 10.00. The van der Waals surface area contributed by atoms with Crippen LogP contribution in [0.1, 0.15) is 25.8 Å². The average molecular weight is 558 g/mol. The van der Waals surface area contributed by atoms with Gasteiger partial charge in [0, 0.05) is 42.6 Å². The Morgan fingerprint density at radius 1 is 0.950 bits per heavy atom. The first-order valence-electron chi connectivity index (χ1n) is 13.4. The van der Waals surface area contributed by atoms with Crippen molar-refractivity contribution in [1.82, 2.24) is 30.8 Å². The van der Waals surface area contributed by atoms with Crippen molar-refractivity contribution in [2.24, 2.45) is 11.8 Å². The quantitative estimate of drug-likeness (QED) is 0.177. The van der Waals surface area contributed by atoms with Gasteiger partial charge in [-0.3, -0.25) is 4.79 Å². The molecule has 0 aliphatic rings. The van der Waals surface area contributed by atoms with Crippen molar-refractivity contribution in [2.75, 3.05) is 24.2 Å². The molecular formula is C30H35N7O2S. The third-order valence-electron chi connectivity index (χ3n) is 6.49. The monoisotopic (exact) mass is 557 g/mol. The number of aromatic amines is 1. The number of anilines is 1. The zero-order chi connectivity index (χ0) is 28.3. The Morgan fingerprint density at radius 3 is 2.30 bits per heavy atom. The van der Waals surface area contributed by atoms with Crippen LogP contribution in [0, 0.1) is 11.8 Å². The van der Waals surface area contributed by atoms with Gasteiger partial charge in [0.1, 0.15) is 0 Å². The topological polar surface area (TPSA) is 116 Å². The van der Waals surface area contributed by atoms with E-state index in [2.05, 4.69) is 57.7 Å². The van der Waals surface area contributed by atoms with Gasteiger partial charge in [0.2, 0.25) is 11.7 Å². The largest absolute Gasteiger partial charge is 0.354 e. The van der Waals surface area contributed by atoms with Gasteiger partial charge in [-0.1, -0.05) is 80.6 Å². The molecule has 1 heterocycles. The predicted octanol–water partition coefficient (Wildman–Crippen LogP) is 5.28. The van der Waals surface area contributed by atoms with Gasteiger partial charge in [0.15, 0.2) is 0 Å². The van der Waals surface area contributed by atoms with E-state index in [-0.39, 0.29) is 17.9 Å². The standard InChI is InChI=1S/C30H35N7O2S/c1-21(2)18-24(20-40)29(38)31-16-17-37(30(39)32-25-8-4-3-5-9-25)19-22-12-14-23(15-13-22)26-10-6-7-11-27(26)28-33-35-36-34-28/h3-15,21,24,40H,16-20H2,1-2H3,(H,31,38)(H,32,39)(H,33,34,35,36). The van der Waals surface area contributed by atoms with E-state index < -0.39 is 0 Å². The van der Waals surface area contributed by atoms with Crippen molar-refractivity contribution in [3.8, 4) is 22.5 Å². The van der Waals surface area contributed by atoms with Crippen LogP contribution in [0.15, 0.2) is 78.9 Å². The van der Waals surface area contributed by atoms with Crippen molar-refractivity contribution < 1.29 is 9.59 Å². The van der Waals surface area contributed by atoms with Crippen molar-refractivity contribution in [3.05, 3.63) is 84.4 Å². The minimum absolute atomic E-state index is 0.0308. The highest BCUT2D eigenvalue weighted by molar-refractivity contribution is 7.80. The Balaban J connectivity index is 1.47. The predicted molar refractivity (Wildman–Crippen MR) is 161 cm³/mol. The molecule has 3 aromatic carbocycles. The lowest BCUT2D eigenvalue weighted by Crippen LogP contribution is -2.42. The molecule has 0 aliphatic carbocycles. The number of nitrogens with zero attached hydrogens (tertiary/aromatic N) is 4. The van der Waals surface area contributed by atoms with E-state index in [0.717, 1.165) is 28.7 Å². The number of benzene rings is 3. The van der Waals surface area contributed by atoms with Crippen LogP contribution in [-0.4, -0.2) is 56.3 Å². The summed E-state index contributed by atoms with van der Waals surface area (Å²) in [5, 5.41) is 20.4. The number of nitrogens with one attached hydrogen (secondary N) is 3. The number of carbonyl (C=O) groups excluding carboxylic acids is 2. The summed E-state index contributed by atoms with van der Waals surface area (Å²) in [5.41, 5.74) is 4.53. The summed E-state index contributed by atoms with van der Waals surface area (Å²) in [6.07, 6.45) is 0.774. The van der Waals surface area contributed by atoms with E-state index in [4.69, 9.17) is 0 Å². The summed E-state index contributed by atoms with van der Waals surface area (Å²) in [6, 6.07) is 25.0. The number of hydrogen-bond acceptors (Lipinski definition) is 6. The molecule has 3 N–H and O–H groups in total. The Bertz CT molecular complexity index is 1360. The Morgan fingerprint density at radius 2 is 1.65 bits per heavy atom. The summed E-state index contributed by atoms with van der Waals surface area (Å²) in [6.45, 7) is 5.26. The molecule has 10 heteroatoms. The average Bonchev–Trinajstić information content (AvgIpc) is 3.51. The molecule has 0 bridgehead atoms. The molecule has 0 aliphatic heterocycles. The highest BCUT2D eigenvalue weighted by atomic mass is 32.1. The van der Waals surface area contributed by atoms with Crippen LogP contribution < -0.4 is 10.6 Å². The molecule has 1 unspecified atom stereocenters. The fourth-order valence-electron chi connectivity index (χ4n) is 4.48. The maximum atomic E-state index is 13.3. The van der Waals surface area contributed by atoms with Crippen LogP contribution >= 0.6 is 12.6 Å². The van der Waals surface area contributed by atoms with E-state index >= 15 is 0 Å². The number of amides is 3. The molecule has 9 nitrogen and oxygen atoms in total. The summed E-state index contributed by atoms with van der Waals surface area (Å²) < 4.78 is 0. The Kier molecular flexibility index (Phi) is 10.3. The number of rotatable bonds is 12. The fourth-order valence-corrected chi connectivity index (χ4v) is 4.80. The van der Waals surface area contributed by atoms with E-state index in [1.54, 1.807) is 4.90 Å². The number of thiol groups is 1. The molecule has 3 amide bonds. The third-order valence-corrected chi connectivity index (χ3v) is 6.93. The molecule has 1 aromatic heterocycles. The molecule has 1 atom stereocenters. The van der Waals surface area contributed by atoms with Crippen LogP contribution in [0.3, 0.4) is 0 Å². The van der Waals surface area contributed by atoms with Crippen molar-refractivity contribution in [1.29, 1.82) is 0 Å². The summed E-state index contributed by atoms with van der Waals surface area (Å²) >= 11 is 4.36. The minimum atomic E-state index is -0.236. The van der Waals surface area contributed by atoms with Gasteiger partial charge in [0.25, 0.3) is 0 Å². The molecule has 0 radical (unpaired) electrons. The molecule has 40 heavy (non-hydrogen) atoms. The Labute approximate surface area is 240 Å². The van der Waals surface area contributed by atoms with Crippen LogP contribution in [0.25, 0.3) is 22.5 Å². The lowest BCUT2D eigenvalue weighted by molar-refractivity contribution is -0.124. The highest BCUT2D eigenvalue weighted by Gasteiger charge is 2.20. The number of H-pyrrole nitrogens is 1. The number of urea groups is 1. The van der Waals surface area contributed by atoms with Gasteiger partial charge in [-0.05, 0) is 46.4 Å². The fraction of sp³-hybridized carbons (Fsp3) is 0.300. The lowest BCUT2D eigenvalue weighted by Gasteiger charge is -2.24. The van der Waals surface area contributed by atoms with Crippen molar-refractivity contribution in [3.63, 3.8) is 0 Å². The van der Waals surface area contributed by atoms with E-state index in [0.29, 0.717) is 42.8 Å². The highest BCUT2D eigenvalue weighted by Crippen LogP contribution is 2.30. The van der Waals surface area contributed by atoms with E-state index in [1.807, 2.05) is 78.9 Å². The zero-order valence-electron chi connectivity index (χ0n) is 22.7. The zero-order valence-corrected chi connectivity index (χ0v) is 23.6. The molecule has 0 saturated carbocycles. The number of carbonyl (C=O) groups is 2. The molecule has 0 saturated heterocycles. The molecular weight excluding hydrogens is 522 g/mol. The number of tetrazole rings is 1. The summed E-state index contributed by atoms with van der Waals surface area (Å²) in [4.78, 5) is 27.7. The summed E-state index contributed by atoms with van der Waals surface area (Å²) in [5.74, 6) is 1.23. The first-order valence-corrected chi connectivity index (χ1v) is 14.0. The van der Waals surface area contributed by atoms with Crippen LogP contribution in [0.2, 0.25) is 0 Å². The van der Waals surface area contributed by atoms with Crippen LogP contribution in [-0.2, 0) is 11.3 Å². The van der Waals surface area contributed by atoms with E-state index in [1.165, 1.54) is 0 Å². The lowest BCUT2D eigenvalue weighted by atomic mass is 9.98. The normalized spacial score (nSPS) is 11.7. The molecule has 4 rings (SSSR count). The van der Waals surface area contributed by atoms with Gasteiger partial charge in [-0.2, -0.15) is 17.8 Å². The number of para-hydroxylation sites is 1. The first kappa shape index (κ1) is 28.8. The SMILES string of the molecule is CC(C)CC(CS)C(=O)NCCN(Cc1ccc(-c2ccccc2-c2nn[nH]n2)cc1)C(=O)Nc1ccccc1. The minimum Gasteiger partial charge on any atom is -0.354 e.